The minimum Gasteiger partial charge on any atom is -0.390 e. The Morgan fingerprint density at radius 2 is 1.87 bits per heavy atom. The number of imidazole rings is 1. The van der Waals surface area contributed by atoms with Crippen LogP contribution in [0.2, 0.25) is 0 Å². The number of aromatic nitrogens is 4. The molecule has 1 fully saturated rings. The Hall–Kier alpha value is -3.96. The minimum absolute atomic E-state index is 0.0991. The number of ether oxygens (including phenoxy) is 1. The van der Waals surface area contributed by atoms with Crippen molar-refractivity contribution < 1.29 is 23.4 Å². The summed E-state index contributed by atoms with van der Waals surface area (Å²) in [5.41, 5.74) is 1.08. The van der Waals surface area contributed by atoms with E-state index in [0.29, 0.717) is 47.0 Å². The number of hydrogen-bond acceptors (Lipinski definition) is 7. The zero-order chi connectivity index (χ0) is 27.1. The summed E-state index contributed by atoms with van der Waals surface area (Å²) in [6.45, 7) is 1.91. The molecule has 1 saturated heterocycles. The largest absolute Gasteiger partial charge is 0.390 e. The lowest BCUT2D eigenvalue weighted by molar-refractivity contribution is -0.222. The van der Waals surface area contributed by atoms with E-state index in [9.17, 15) is 18.7 Å². The Balaban J connectivity index is 1.30. The van der Waals surface area contributed by atoms with Gasteiger partial charge in [0, 0.05) is 54.5 Å². The highest BCUT2D eigenvalue weighted by molar-refractivity contribution is 5.97. The summed E-state index contributed by atoms with van der Waals surface area (Å²) in [5.74, 6) is 0.875. The minimum atomic E-state index is -3.07. The molecule has 200 valence electrons. The third kappa shape index (κ3) is 3.64. The topological polar surface area (TPSA) is 105 Å². The molecule has 39 heavy (non-hydrogen) atoms. The third-order valence-electron chi connectivity index (χ3n) is 8.15. The number of fused-ring (bicyclic) bond motifs is 9. The first-order valence-electron chi connectivity index (χ1n) is 12.8. The van der Waals surface area contributed by atoms with Gasteiger partial charge in [0.25, 0.3) is 5.91 Å². The van der Waals surface area contributed by atoms with Gasteiger partial charge in [-0.2, -0.15) is 8.78 Å². The maximum atomic E-state index is 14.0. The fourth-order valence-corrected chi connectivity index (χ4v) is 5.98. The molecule has 0 spiro atoms. The number of amides is 1. The number of anilines is 1. The maximum absolute atomic E-state index is 14.0. The van der Waals surface area contributed by atoms with Crippen molar-refractivity contribution in [1.82, 2.24) is 24.8 Å². The van der Waals surface area contributed by atoms with Gasteiger partial charge >= 0.3 is 6.61 Å². The van der Waals surface area contributed by atoms with Gasteiger partial charge in [-0.15, -0.1) is 0 Å². The first-order chi connectivity index (χ1) is 18.6. The highest BCUT2D eigenvalue weighted by atomic mass is 19.3. The van der Waals surface area contributed by atoms with Crippen molar-refractivity contribution in [3.05, 3.63) is 71.8 Å². The van der Waals surface area contributed by atoms with E-state index >= 15 is 0 Å². The molecule has 2 bridgehead atoms. The number of halogens is 2. The van der Waals surface area contributed by atoms with Gasteiger partial charge in [-0.3, -0.25) is 14.1 Å². The molecule has 0 aliphatic carbocycles. The van der Waals surface area contributed by atoms with Crippen molar-refractivity contribution in [3.63, 3.8) is 0 Å². The van der Waals surface area contributed by atoms with Crippen molar-refractivity contribution in [1.29, 1.82) is 0 Å². The number of rotatable bonds is 5. The molecule has 7 rings (SSSR count). The smallest absolute Gasteiger partial charge is 0.347 e. The van der Waals surface area contributed by atoms with Crippen molar-refractivity contribution in [2.75, 3.05) is 18.0 Å². The second-order valence-corrected chi connectivity index (χ2v) is 11.0. The van der Waals surface area contributed by atoms with Gasteiger partial charge in [0.1, 0.15) is 5.82 Å². The van der Waals surface area contributed by atoms with E-state index in [1.54, 1.807) is 55.1 Å². The Bertz CT molecular complexity index is 1610. The van der Waals surface area contributed by atoms with Crippen LogP contribution in [0.3, 0.4) is 0 Å². The third-order valence-corrected chi connectivity index (χ3v) is 8.15. The Morgan fingerprint density at radius 3 is 2.59 bits per heavy atom. The predicted molar refractivity (Wildman–Crippen MR) is 138 cm³/mol. The average molecular weight is 533 g/mol. The Kier molecular flexibility index (Phi) is 5.11. The number of carbonyl (C=O) groups excluding carboxylic acids is 1. The van der Waals surface area contributed by atoms with E-state index < -0.39 is 24.0 Å². The van der Waals surface area contributed by atoms with Gasteiger partial charge < -0.3 is 15.3 Å². The molecule has 4 aromatic rings. The van der Waals surface area contributed by atoms with Crippen molar-refractivity contribution in [2.24, 2.45) is 5.92 Å². The van der Waals surface area contributed by atoms with Crippen LogP contribution in [0, 0.1) is 5.92 Å². The Morgan fingerprint density at radius 1 is 1.13 bits per heavy atom. The Labute approximate surface area is 222 Å². The monoisotopic (exact) mass is 532 g/mol. The van der Waals surface area contributed by atoms with Crippen LogP contribution < -0.4 is 10.2 Å². The highest BCUT2D eigenvalue weighted by Gasteiger charge is 2.53. The normalized spacial score (nSPS) is 22.5. The molecular formula is C28H26F2N6O3. The lowest BCUT2D eigenvalue weighted by atomic mass is 9.85. The summed E-state index contributed by atoms with van der Waals surface area (Å²) in [6.07, 6.45) is 3.56. The standard InChI is InChI=1S/C28H26F2N6O3/c1-27(2,38)17-13-35(14-17)26-31-11-16(12-32-26)15-7-8-20-22(9-15)36-23(33-20)21-10-28(36,39-25(29)30)19-6-4-3-5-18(19)24(37)34-21/h3-9,11-12,17,21,25,38H,10,13-14H2,1-2H3,(H,34,37). The van der Waals surface area contributed by atoms with Crippen LogP contribution in [0.5, 0.6) is 0 Å². The molecule has 0 radical (unpaired) electrons. The van der Waals surface area contributed by atoms with Crippen molar-refractivity contribution in [3.8, 4) is 11.1 Å². The quantitative estimate of drug-likeness (QED) is 0.403. The first kappa shape index (κ1) is 24.1. The van der Waals surface area contributed by atoms with Gasteiger partial charge in [0.2, 0.25) is 5.95 Å². The van der Waals surface area contributed by atoms with E-state index in [2.05, 4.69) is 15.3 Å². The van der Waals surface area contributed by atoms with E-state index in [-0.39, 0.29) is 18.2 Å². The van der Waals surface area contributed by atoms with Gasteiger partial charge in [-0.25, -0.2) is 15.0 Å². The van der Waals surface area contributed by atoms with Crippen molar-refractivity contribution >= 4 is 22.9 Å². The lowest BCUT2D eigenvalue weighted by Gasteiger charge is -2.45. The van der Waals surface area contributed by atoms with E-state index in [1.807, 2.05) is 23.1 Å². The summed E-state index contributed by atoms with van der Waals surface area (Å²) in [7, 11) is 0. The summed E-state index contributed by atoms with van der Waals surface area (Å²) in [5, 5.41) is 13.1. The fourth-order valence-electron chi connectivity index (χ4n) is 5.98. The summed E-state index contributed by atoms with van der Waals surface area (Å²) >= 11 is 0. The molecule has 5 heterocycles. The SMILES string of the molecule is CC(C)(O)C1CN(c2ncc(-c3ccc4nc5n(c4c3)C3(OC(F)F)CC5NC(=O)c4ccccc43)cn2)C1. The number of nitrogens with one attached hydrogen (secondary N) is 1. The molecule has 11 heteroatoms. The average Bonchev–Trinajstić information content (AvgIpc) is 3.34. The summed E-state index contributed by atoms with van der Waals surface area (Å²) in [6, 6.07) is 11.7. The van der Waals surface area contributed by atoms with Crippen LogP contribution >= 0.6 is 0 Å². The molecule has 2 unspecified atom stereocenters. The van der Waals surface area contributed by atoms with Crippen LogP contribution in [0.4, 0.5) is 14.7 Å². The second-order valence-electron chi connectivity index (χ2n) is 11.0. The number of nitrogens with zero attached hydrogens (tertiary/aromatic N) is 5. The zero-order valence-corrected chi connectivity index (χ0v) is 21.3. The summed E-state index contributed by atoms with van der Waals surface area (Å²) in [4.78, 5) is 28.7. The number of hydrogen-bond donors (Lipinski definition) is 2. The molecule has 9 nitrogen and oxygen atoms in total. The molecule has 1 amide bonds. The van der Waals surface area contributed by atoms with Gasteiger partial charge in [0.15, 0.2) is 5.72 Å². The number of carbonyl (C=O) groups is 1. The van der Waals surface area contributed by atoms with E-state index in [4.69, 9.17) is 9.72 Å². The number of benzene rings is 2. The van der Waals surface area contributed by atoms with Gasteiger partial charge in [-0.05, 0) is 37.6 Å². The fraction of sp³-hybridized carbons (Fsp3) is 0.357. The van der Waals surface area contributed by atoms with Crippen LogP contribution in [-0.4, -0.2) is 55.8 Å². The van der Waals surface area contributed by atoms with Crippen LogP contribution in [0.1, 0.15) is 48.1 Å². The summed E-state index contributed by atoms with van der Waals surface area (Å²) < 4.78 is 35.0. The maximum Gasteiger partial charge on any atom is 0.347 e. The molecule has 2 aromatic carbocycles. The lowest BCUT2D eigenvalue weighted by Crippen LogP contribution is -2.56. The zero-order valence-electron chi connectivity index (χ0n) is 21.3. The van der Waals surface area contributed by atoms with E-state index in [0.717, 1.165) is 11.1 Å². The van der Waals surface area contributed by atoms with Gasteiger partial charge in [0.05, 0.1) is 22.7 Å². The van der Waals surface area contributed by atoms with E-state index in [1.165, 1.54) is 0 Å². The highest BCUT2D eigenvalue weighted by Crippen LogP contribution is 2.50. The molecule has 3 aliphatic heterocycles. The molecular weight excluding hydrogens is 506 g/mol. The van der Waals surface area contributed by atoms with Gasteiger partial charge in [-0.1, -0.05) is 24.3 Å². The first-order valence-corrected chi connectivity index (χ1v) is 12.8. The number of aliphatic hydroxyl groups is 1. The van der Waals surface area contributed by atoms with Crippen LogP contribution in [-0.2, 0) is 10.5 Å². The molecule has 2 N–H and O–H groups in total. The molecule has 2 atom stereocenters. The molecule has 0 saturated carbocycles. The predicted octanol–water partition coefficient (Wildman–Crippen LogP) is 3.83. The molecule has 2 aromatic heterocycles. The van der Waals surface area contributed by atoms with Crippen LogP contribution in [0.25, 0.3) is 22.2 Å². The van der Waals surface area contributed by atoms with Crippen LogP contribution in [0.15, 0.2) is 54.9 Å². The number of alkyl halides is 2. The van der Waals surface area contributed by atoms with Crippen molar-refractivity contribution in [2.45, 2.75) is 44.2 Å². The molecule has 3 aliphatic rings. The second kappa shape index (κ2) is 8.27.